The summed E-state index contributed by atoms with van der Waals surface area (Å²) in [5.74, 6) is 2.16. The van der Waals surface area contributed by atoms with Gasteiger partial charge in [-0.1, -0.05) is 0 Å². The third-order valence-electron chi connectivity index (χ3n) is 5.08. The number of aryl methyl sites for hydroxylation is 3. The molecule has 5 heterocycles. The van der Waals surface area contributed by atoms with E-state index in [-0.39, 0.29) is 5.91 Å². The number of amides is 1. The number of rotatable bonds is 4. The second kappa shape index (κ2) is 6.29. The van der Waals surface area contributed by atoms with Gasteiger partial charge in [-0.2, -0.15) is 5.10 Å². The Morgan fingerprint density at radius 3 is 3.07 bits per heavy atom. The van der Waals surface area contributed by atoms with Crippen molar-refractivity contribution in [1.82, 2.24) is 34.8 Å². The van der Waals surface area contributed by atoms with Crippen molar-refractivity contribution < 1.29 is 9.21 Å². The lowest BCUT2D eigenvalue weighted by Crippen LogP contribution is -2.25. The van der Waals surface area contributed by atoms with E-state index < -0.39 is 0 Å². The van der Waals surface area contributed by atoms with Crippen molar-refractivity contribution in [2.24, 2.45) is 7.05 Å². The summed E-state index contributed by atoms with van der Waals surface area (Å²) < 4.78 is 9.23. The van der Waals surface area contributed by atoms with Crippen molar-refractivity contribution in [2.45, 2.75) is 32.9 Å². The Labute approximate surface area is 160 Å². The molecule has 1 aliphatic heterocycles. The van der Waals surface area contributed by atoms with E-state index in [9.17, 15) is 4.79 Å². The number of carbonyl (C=O) groups is 1. The van der Waals surface area contributed by atoms with E-state index in [0.717, 1.165) is 42.1 Å². The van der Waals surface area contributed by atoms with E-state index >= 15 is 0 Å². The average Bonchev–Trinajstić information content (AvgIpc) is 3.45. The minimum absolute atomic E-state index is 0.202. The van der Waals surface area contributed by atoms with Crippen LogP contribution in [0.2, 0.25) is 0 Å². The highest BCUT2D eigenvalue weighted by Crippen LogP contribution is 2.27. The van der Waals surface area contributed by atoms with Crippen molar-refractivity contribution >= 4 is 16.9 Å². The van der Waals surface area contributed by atoms with Crippen LogP contribution in [0.15, 0.2) is 28.9 Å². The molecule has 1 aliphatic rings. The fraction of sp³-hybridized carbons (Fsp3) is 0.316. The molecule has 0 radical (unpaired) electrons. The van der Waals surface area contributed by atoms with Crippen molar-refractivity contribution in [2.75, 3.05) is 0 Å². The molecule has 9 nitrogen and oxygen atoms in total. The van der Waals surface area contributed by atoms with Crippen LogP contribution in [0.3, 0.4) is 0 Å². The second-order valence-corrected chi connectivity index (χ2v) is 6.91. The minimum Gasteiger partial charge on any atom is -0.463 e. The van der Waals surface area contributed by atoms with Gasteiger partial charge in [-0.25, -0.2) is 4.98 Å². The second-order valence-electron chi connectivity index (χ2n) is 6.91. The smallest absolute Gasteiger partial charge is 0.252 e. The van der Waals surface area contributed by atoms with E-state index in [2.05, 4.69) is 30.2 Å². The maximum absolute atomic E-state index is 13.1. The van der Waals surface area contributed by atoms with Gasteiger partial charge >= 0.3 is 0 Å². The van der Waals surface area contributed by atoms with E-state index in [1.165, 1.54) is 0 Å². The van der Waals surface area contributed by atoms with Gasteiger partial charge in [0.1, 0.15) is 11.5 Å². The lowest BCUT2D eigenvalue weighted by molar-refractivity contribution is 0.0951. The Balaban J connectivity index is 1.52. The number of pyridine rings is 1. The molecule has 0 aliphatic carbocycles. The maximum atomic E-state index is 13.1. The van der Waals surface area contributed by atoms with Crippen LogP contribution in [-0.2, 0) is 26.6 Å². The third kappa shape index (κ3) is 2.58. The zero-order valence-corrected chi connectivity index (χ0v) is 15.6. The highest BCUT2D eigenvalue weighted by molar-refractivity contribution is 6.07. The molecule has 1 N–H and O–H groups in total. The van der Waals surface area contributed by atoms with Crippen LogP contribution in [-0.4, -0.2) is 35.4 Å². The van der Waals surface area contributed by atoms with Crippen molar-refractivity contribution in [3.63, 3.8) is 0 Å². The first kappa shape index (κ1) is 16.7. The summed E-state index contributed by atoms with van der Waals surface area (Å²) in [5, 5.41) is 16.5. The van der Waals surface area contributed by atoms with Crippen LogP contribution >= 0.6 is 0 Å². The van der Waals surface area contributed by atoms with Crippen LogP contribution in [0.5, 0.6) is 0 Å². The standard InChI is InChI=1S/C19H19N7O2/c1-11-17-12(19(27)20-10-16-23-22-15-6-3-7-26(15)16)9-13(14-5-4-8-28-14)21-18(17)25(2)24-11/h4-5,8-9H,3,6-7,10H2,1-2H3,(H,20,27). The minimum atomic E-state index is -0.202. The number of carbonyl (C=O) groups excluding carboxylic acids is 1. The molecule has 0 aromatic carbocycles. The lowest BCUT2D eigenvalue weighted by Gasteiger charge is -2.09. The first-order valence-electron chi connectivity index (χ1n) is 9.19. The predicted octanol–water partition coefficient (Wildman–Crippen LogP) is 2.00. The van der Waals surface area contributed by atoms with Crippen LogP contribution in [0, 0.1) is 6.92 Å². The molecule has 0 saturated heterocycles. The highest BCUT2D eigenvalue weighted by Gasteiger charge is 2.22. The number of hydrogen-bond acceptors (Lipinski definition) is 6. The molecule has 4 aromatic heterocycles. The van der Waals surface area contributed by atoms with Gasteiger partial charge in [0.25, 0.3) is 5.91 Å². The molecule has 0 spiro atoms. The molecular formula is C19H19N7O2. The third-order valence-corrected chi connectivity index (χ3v) is 5.08. The molecule has 5 rings (SSSR count). The van der Waals surface area contributed by atoms with Crippen molar-refractivity contribution in [1.29, 1.82) is 0 Å². The average molecular weight is 377 g/mol. The van der Waals surface area contributed by atoms with Gasteiger partial charge in [0.2, 0.25) is 0 Å². The predicted molar refractivity (Wildman–Crippen MR) is 100 cm³/mol. The monoisotopic (exact) mass is 377 g/mol. The van der Waals surface area contributed by atoms with Crippen LogP contribution in [0.4, 0.5) is 0 Å². The van der Waals surface area contributed by atoms with E-state index in [1.807, 2.05) is 20.0 Å². The summed E-state index contributed by atoms with van der Waals surface area (Å²) in [6.45, 7) is 3.10. The summed E-state index contributed by atoms with van der Waals surface area (Å²) >= 11 is 0. The molecule has 9 heteroatoms. The highest BCUT2D eigenvalue weighted by atomic mass is 16.3. The van der Waals surface area contributed by atoms with Gasteiger partial charge in [-0.3, -0.25) is 9.48 Å². The Morgan fingerprint density at radius 2 is 2.25 bits per heavy atom. The quantitative estimate of drug-likeness (QED) is 0.583. The van der Waals surface area contributed by atoms with Gasteiger partial charge in [0.15, 0.2) is 17.2 Å². The molecule has 0 saturated carbocycles. The van der Waals surface area contributed by atoms with Gasteiger partial charge in [0, 0.05) is 20.0 Å². The van der Waals surface area contributed by atoms with Gasteiger partial charge in [-0.05, 0) is 31.5 Å². The SMILES string of the molecule is Cc1nn(C)c2nc(-c3ccco3)cc(C(=O)NCc3nnc4n3CCC4)c12. The zero-order chi connectivity index (χ0) is 19.3. The molecule has 1 amide bonds. The topological polar surface area (TPSA) is 104 Å². The molecule has 0 bridgehead atoms. The van der Waals surface area contributed by atoms with Crippen LogP contribution in [0.1, 0.15) is 34.1 Å². The number of hydrogen-bond donors (Lipinski definition) is 1. The Kier molecular flexibility index (Phi) is 3.75. The molecule has 4 aromatic rings. The lowest BCUT2D eigenvalue weighted by atomic mass is 10.1. The molecule has 0 atom stereocenters. The number of furan rings is 1. The summed E-state index contributed by atoms with van der Waals surface area (Å²) in [4.78, 5) is 17.7. The van der Waals surface area contributed by atoms with Crippen molar-refractivity contribution in [3.8, 4) is 11.5 Å². The van der Waals surface area contributed by atoms with E-state index in [0.29, 0.717) is 29.2 Å². The number of fused-ring (bicyclic) bond motifs is 2. The number of aromatic nitrogens is 6. The van der Waals surface area contributed by atoms with E-state index in [4.69, 9.17) is 4.42 Å². The Morgan fingerprint density at radius 1 is 1.36 bits per heavy atom. The largest absolute Gasteiger partial charge is 0.463 e. The van der Waals surface area contributed by atoms with Gasteiger partial charge in [-0.15, -0.1) is 10.2 Å². The Bertz CT molecular complexity index is 1190. The maximum Gasteiger partial charge on any atom is 0.252 e. The summed E-state index contributed by atoms with van der Waals surface area (Å²) in [7, 11) is 1.81. The number of nitrogens with one attached hydrogen (secondary N) is 1. The first-order valence-corrected chi connectivity index (χ1v) is 9.19. The molecule has 0 fully saturated rings. The fourth-order valence-corrected chi connectivity index (χ4v) is 3.77. The molecule has 0 unspecified atom stereocenters. The van der Waals surface area contributed by atoms with Gasteiger partial charge < -0.3 is 14.3 Å². The Hall–Kier alpha value is -3.49. The summed E-state index contributed by atoms with van der Waals surface area (Å²) in [6.07, 6.45) is 3.59. The van der Waals surface area contributed by atoms with Crippen LogP contribution in [0.25, 0.3) is 22.5 Å². The number of nitrogens with zero attached hydrogens (tertiary/aromatic N) is 6. The molecule has 142 valence electrons. The van der Waals surface area contributed by atoms with Gasteiger partial charge in [0.05, 0.1) is 29.5 Å². The first-order chi connectivity index (χ1) is 13.6. The normalized spacial score (nSPS) is 13.2. The van der Waals surface area contributed by atoms with Crippen LogP contribution < -0.4 is 5.32 Å². The summed E-state index contributed by atoms with van der Waals surface area (Å²) in [5.41, 5.74) is 2.50. The zero-order valence-electron chi connectivity index (χ0n) is 15.6. The molecular weight excluding hydrogens is 358 g/mol. The van der Waals surface area contributed by atoms with E-state index in [1.54, 1.807) is 23.1 Å². The summed E-state index contributed by atoms with van der Waals surface area (Å²) in [6, 6.07) is 5.36. The van der Waals surface area contributed by atoms with Crippen molar-refractivity contribution in [3.05, 3.63) is 47.4 Å². The molecule has 28 heavy (non-hydrogen) atoms. The fourth-order valence-electron chi connectivity index (χ4n) is 3.77.